The van der Waals surface area contributed by atoms with Crippen LogP contribution in [0.5, 0.6) is 0 Å². The fourth-order valence-electron chi connectivity index (χ4n) is 1.54. The van der Waals surface area contributed by atoms with Crippen molar-refractivity contribution in [2.75, 3.05) is 0 Å². The van der Waals surface area contributed by atoms with E-state index in [4.69, 9.17) is 11.6 Å². The third-order valence-electron chi connectivity index (χ3n) is 2.41. The zero-order valence-corrected chi connectivity index (χ0v) is 9.78. The van der Waals surface area contributed by atoms with Crippen molar-refractivity contribution in [3.63, 3.8) is 0 Å². The summed E-state index contributed by atoms with van der Waals surface area (Å²) in [5.41, 5.74) is 5.74. The highest BCUT2D eigenvalue weighted by molar-refractivity contribution is 6.46. The monoisotopic (exact) mass is 251 g/mol. The van der Waals surface area contributed by atoms with Crippen LogP contribution in [0.25, 0.3) is 0 Å². The lowest BCUT2D eigenvalue weighted by atomic mass is 9.99. The molecule has 0 saturated heterocycles. The Labute approximate surface area is 103 Å². The van der Waals surface area contributed by atoms with Gasteiger partial charge in [0.1, 0.15) is 11.8 Å². The quantitative estimate of drug-likeness (QED) is 0.785. The summed E-state index contributed by atoms with van der Waals surface area (Å²) >= 11 is 5.74. The van der Waals surface area contributed by atoms with Gasteiger partial charge in [0, 0.05) is 17.5 Å². The van der Waals surface area contributed by atoms with E-state index in [1.54, 1.807) is 24.3 Å². The number of nitrogens with zero attached hydrogens (tertiary/aromatic N) is 1. The normalized spacial score (nSPS) is 18.5. The molecule has 0 radical (unpaired) electrons. The standard InChI is InChI=1S/C11H10ClN3O2/c1-6(16)9-10(14-15-13-9)11(17)7-2-4-8(12)5-3-7/h2-5,10,14-15H,1H3. The summed E-state index contributed by atoms with van der Waals surface area (Å²) in [5.74, 6) is -0.463. The van der Waals surface area contributed by atoms with E-state index >= 15 is 0 Å². The van der Waals surface area contributed by atoms with Crippen LogP contribution >= 0.6 is 11.6 Å². The second kappa shape index (κ2) is 4.65. The van der Waals surface area contributed by atoms with E-state index in [0.29, 0.717) is 10.6 Å². The fourth-order valence-corrected chi connectivity index (χ4v) is 1.67. The molecule has 1 unspecified atom stereocenters. The molecule has 1 aromatic carbocycles. The number of Topliss-reactive ketones (excluding diaryl/α,β-unsaturated/α-hetero) is 2. The van der Waals surface area contributed by atoms with Crippen LogP contribution in [-0.4, -0.2) is 23.3 Å². The zero-order valence-electron chi connectivity index (χ0n) is 9.03. The molecular weight excluding hydrogens is 242 g/mol. The molecule has 0 saturated carbocycles. The lowest BCUT2D eigenvalue weighted by Gasteiger charge is -2.09. The van der Waals surface area contributed by atoms with Crippen LogP contribution in [0.15, 0.2) is 29.4 Å². The molecule has 2 rings (SSSR count). The van der Waals surface area contributed by atoms with Gasteiger partial charge in [0.2, 0.25) is 0 Å². The Morgan fingerprint density at radius 3 is 2.53 bits per heavy atom. The molecule has 1 aliphatic heterocycles. The number of rotatable bonds is 3. The minimum atomic E-state index is -0.742. The molecule has 2 N–H and O–H groups in total. The van der Waals surface area contributed by atoms with Gasteiger partial charge in [-0.2, -0.15) is 5.10 Å². The van der Waals surface area contributed by atoms with Crippen LogP contribution in [0.4, 0.5) is 0 Å². The van der Waals surface area contributed by atoms with Gasteiger partial charge in [-0.1, -0.05) is 11.6 Å². The third-order valence-corrected chi connectivity index (χ3v) is 2.66. The fraction of sp³-hybridized carbons (Fsp3) is 0.182. The molecule has 0 aromatic heterocycles. The predicted molar refractivity (Wildman–Crippen MR) is 64.0 cm³/mol. The van der Waals surface area contributed by atoms with Gasteiger partial charge in [0.05, 0.1) is 0 Å². The van der Waals surface area contributed by atoms with Crippen molar-refractivity contribution in [1.82, 2.24) is 11.0 Å². The number of benzene rings is 1. The maximum absolute atomic E-state index is 12.1. The molecular formula is C11H10ClN3O2. The van der Waals surface area contributed by atoms with E-state index in [2.05, 4.69) is 16.1 Å². The highest BCUT2D eigenvalue weighted by Gasteiger charge is 2.31. The molecule has 0 amide bonds. The molecule has 1 aliphatic rings. The Morgan fingerprint density at radius 2 is 1.94 bits per heavy atom. The van der Waals surface area contributed by atoms with Crippen molar-refractivity contribution < 1.29 is 9.59 Å². The Morgan fingerprint density at radius 1 is 1.29 bits per heavy atom. The van der Waals surface area contributed by atoms with E-state index in [-0.39, 0.29) is 17.3 Å². The van der Waals surface area contributed by atoms with Crippen LogP contribution in [0.1, 0.15) is 17.3 Å². The number of hydrogen-bond donors (Lipinski definition) is 2. The van der Waals surface area contributed by atoms with Crippen LogP contribution in [0.3, 0.4) is 0 Å². The van der Waals surface area contributed by atoms with Crippen LogP contribution < -0.4 is 11.0 Å². The molecule has 17 heavy (non-hydrogen) atoms. The van der Waals surface area contributed by atoms with Gasteiger partial charge >= 0.3 is 0 Å². The number of hydrazine groups is 1. The van der Waals surface area contributed by atoms with E-state index in [0.717, 1.165) is 0 Å². The summed E-state index contributed by atoms with van der Waals surface area (Å²) in [5, 5.41) is 4.29. The molecule has 1 heterocycles. The van der Waals surface area contributed by atoms with Crippen LogP contribution in [0, 0.1) is 0 Å². The second-order valence-electron chi connectivity index (χ2n) is 3.61. The molecule has 0 aliphatic carbocycles. The highest BCUT2D eigenvalue weighted by atomic mass is 35.5. The van der Waals surface area contributed by atoms with Gasteiger partial charge in [-0.3, -0.25) is 9.59 Å². The number of halogens is 1. The Kier molecular flexibility index (Phi) is 3.21. The average Bonchev–Trinajstić information content (AvgIpc) is 2.78. The Hall–Kier alpha value is -1.72. The maximum Gasteiger partial charge on any atom is 0.187 e. The summed E-state index contributed by atoms with van der Waals surface area (Å²) in [6.07, 6.45) is 0. The molecule has 0 bridgehead atoms. The van der Waals surface area contributed by atoms with Gasteiger partial charge in [0.15, 0.2) is 11.6 Å². The van der Waals surface area contributed by atoms with Gasteiger partial charge in [-0.05, 0) is 24.3 Å². The smallest absolute Gasteiger partial charge is 0.187 e. The first kappa shape index (κ1) is 11.8. The number of carbonyl (C=O) groups excluding carboxylic acids is 2. The lowest BCUT2D eigenvalue weighted by molar-refractivity contribution is -0.111. The molecule has 0 spiro atoms. The number of carbonyl (C=O) groups is 2. The van der Waals surface area contributed by atoms with Crippen molar-refractivity contribution in [3.8, 4) is 0 Å². The highest BCUT2D eigenvalue weighted by Crippen LogP contribution is 2.12. The molecule has 88 valence electrons. The first-order valence-electron chi connectivity index (χ1n) is 4.98. The minimum absolute atomic E-state index is 0.185. The summed E-state index contributed by atoms with van der Waals surface area (Å²) in [4.78, 5) is 23.4. The molecule has 1 aromatic rings. The van der Waals surface area contributed by atoms with E-state index in [1.807, 2.05) is 0 Å². The van der Waals surface area contributed by atoms with Crippen molar-refractivity contribution in [2.24, 2.45) is 5.10 Å². The van der Waals surface area contributed by atoms with E-state index in [9.17, 15) is 9.59 Å². The SMILES string of the molecule is CC(=O)C1=NNNC1C(=O)c1ccc(Cl)cc1. The zero-order chi connectivity index (χ0) is 12.4. The van der Waals surface area contributed by atoms with Gasteiger partial charge in [0.25, 0.3) is 0 Å². The molecule has 6 heteroatoms. The Balaban J connectivity index is 2.24. The topological polar surface area (TPSA) is 70.6 Å². The first-order valence-corrected chi connectivity index (χ1v) is 5.36. The summed E-state index contributed by atoms with van der Waals surface area (Å²) in [7, 11) is 0. The first-order chi connectivity index (χ1) is 8.09. The summed E-state index contributed by atoms with van der Waals surface area (Å²) in [6.45, 7) is 1.37. The number of hydrazone groups is 1. The number of hydrogen-bond acceptors (Lipinski definition) is 5. The van der Waals surface area contributed by atoms with Gasteiger partial charge in [-0.25, -0.2) is 11.0 Å². The van der Waals surface area contributed by atoms with Gasteiger partial charge in [-0.15, -0.1) is 0 Å². The van der Waals surface area contributed by atoms with Crippen molar-refractivity contribution >= 4 is 28.9 Å². The maximum atomic E-state index is 12.1. The summed E-state index contributed by atoms with van der Waals surface area (Å²) < 4.78 is 0. The van der Waals surface area contributed by atoms with Crippen LogP contribution in [-0.2, 0) is 4.79 Å². The third kappa shape index (κ3) is 2.35. The van der Waals surface area contributed by atoms with E-state index in [1.165, 1.54) is 6.92 Å². The van der Waals surface area contributed by atoms with Crippen molar-refractivity contribution in [1.29, 1.82) is 0 Å². The largest absolute Gasteiger partial charge is 0.293 e. The lowest BCUT2D eigenvalue weighted by Crippen LogP contribution is -2.43. The van der Waals surface area contributed by atoms with E-state index < -0.39 is 6.04 Å². The number of nitrogens with one attached hydrogen (secondary N) is 2. The van der Waals surface area contributed by atoms with Crippen LogP contribution in [0.2, 0.25) is 5.02 Å². The number of ketones is 2. The summed E-state index contributed by atoms with van der Waals surface area (Å²) in [6, 6.07) is 5.74. The second-order valence-corrected chi connectivity index (χ2v) is 4.05. The molecule has 1 atom stereocenters. The average molecular weight is 252 g/mol. The Bertz CT molecular complexity index is 496. The predicted octanol–water partition coefficient (Wildman–Crippen LogP) is 0.944. The molecule has 0 fully saturated rings. The van der Waals surface area contributed by atoms with Crippen molar-refractivity contribution in [3.05, 3.63) is 34.9 Å². The molecule has 5 nitrogen and oxygen atoms in total. The van der Waals surface area contributed by atoms with Crippen molar-refractivity contribution in [2.45, 2.75) is 13.0 Å². The van der Waals surface area contributed by atoms with Gasteiger partial charge < -0.3 is 0 Å². The minimum Gasteiger partial charge on any atom is -0.293 e.